The molecule has 5 nitrogen and oxygen atoms in total. The molecule has 2 aromatic heterocycles. The van der Waals surface area contributed by atoms with E-state index < -0.39 is 0 Å². The van der Waals surface area contributed by atoms with Gasteiger partial charge in [0.2, 0.25) is 0 Å². The summed E-state index contributed by atoms with van der Waals surface area (Å²) >= 11 is 0. The van der Waals surface area contributed by atoms with Crippen molar-refractivity contribution >= 4 is 6.29 Å². The number of aldehydes is 1. The van der Waals surface area contributed by atoms with Gasteiger partial charge < -0.3 is 4.52 Å². The van der Waals surface area contributed by atoms with Crippen LogP contribution in [0.25, 0.3) is 11.4 Å². The third-order valence-electron chi connectivity index (χ3n) is 1.66. The highest BCUT2D eigenvalue weighted by atomic mass is 16.5. The summed E-state index contributed by atoms with van der Waals surface area (Å²) < 4.78 is 6.23. The van der Waals surface area contributed by atoms with E-state index in [0.29, 0.717) is 17.0 Å². The van der Waals surface area contributed by atoms with Crippen molar-refractivity contribution < 1.29 is 9.32 Å². The molecule has 0 saturated heterocycles. The van der Waals surface area contributed by atoms with Gasteiger partial charge in [-0.3, -0.25) is 9.48 Å². The largest absolute Gasteiger partial charge is 0.364 e. The van der Waals surface area contributed by atoms with Gasteiger partial charge in [0, 0.05) is 19.3 Å². The van der Waals surface area contributed by atoms with Crippen LogP contribution >= 0.6 is 0 Å². The third-order valence-corrected chi connectivity index (χ3v) is 1.66. The molecule has 0 unspecified atom stereocenters. The minimum absolute atomic E-state index is 0.511. The van der Waals surface area contributed by atoms with E-state index in [1.54, 1.807) is 24.0 Å². The molecule has 0 bridgehead atoms. The van der Waals surface area contributed by atoms with Crippen LogP contribution in [0.5, 0.6) is 0 Å². The van der Waals surface area contributed by atoms with Gasteiger partial charge in [0.25, 0.3) is 0 Å². The van der Waals surface area contributed by atoms with Gasteiger partial charge in [-0.15, -0.1) is 0 Å². The first-order chi connectivity index (χ1) is 6.31. The third kappa shape index (κ3) is 1.24. The first-order valence-electron chi connectivity index (χ1n) is 3.71. The maximum atomic E-state index is 10.6. The highest BCUT2D eigenvalue weighted by molar-refractivity contribution is 5.84. The standard InChI is InChI=1S/C8H7N3O2/c1-11-4-6(5-12)8(9-11)7-2-3-13-10-7/h2-5H,1H3. The molecular weight excluding hydrogens is 170 g/mol. The molecule has 2 aromatic rings. The van der Waals surface area contributed by atoms with Crippen LogP contribution in [0.3, 0.4) is 0 Å². The van der Waals surface area contributed by atoms with Crippen LogP contribution in [0.2, 0.25) is 0 Å². The van der Waals surface area contributed by atoms with Gasteiger partial charge in [-0.2, -0.15) is 5.10 Å². The van der Waals surface area contributed by atoms with Gasteiger partial charge in [-0.05, 0) is 0 Å². The Morgan fingerprint density at radius 3 is 3.08 bits per heavy atom. The lowest BCUT2D eigenvalue weighted by Crippen LogP contribution is -1.87. The molecule has 13 heavy (non-hydrogen) atoms. The molecule has 0 amide bonds. The SMILES string of the molecule is Cn1cc(C=O)c(-c2ccon2)n1. The zero-order valence-corrected chi connectivity index (χ0v) is 6.97. The molecule has 0 aromatic carbocycles. The molecule has 0 N–H and O–H groups in total. The summed E-state index contributed by atoms with van der Waals surface area (Å²) in [5, 5.41) is 7.79. The van der Waals surface area contributed by atoms with E-state index in [0.717, 1.165) is 6.29 Å². The summed E-state index contributed by atoms with van der Waals surface area (Å²) in [6.45, 7) is 0. The zero-order valence-electron chi connectivity index (χ0n) is 6.97. The van der Waals surface area contributed by atoms with Crippen molar-refractivity contribution in [1.29, 1.82) is 0 Å². The van der Waals surface area contributed by atoms with Crippen molar-refractivity contribution in [1.82, 2.24) is 14.9 Å². The van der Waals surface area contributed by atoms with Gasteiger partial charge >= 0.3 is 0 Å². The normalized spacial score (nSPS) is 10.2. The van der Waals surface area contributed by atoms with Crippen molar-refractivity contribution in [3.63, 3.8) is 0 Å². The second-order valence-electron chi connectivity index (χ2n) is 2.61. The minimum Gasteiger partial charge on any atom is -0.364 e. The van der Waals surface area contributed by atoms with Gasteiger partial charge in [0.1, 0.15) is 17.7 Å². The van der Waals surface area contributed by atoms with Gasteiger partial charge in [0.05, 0.1) is 5.56 Å². The summed E-state index contributed by atoms with van der Waals surface area (Å²) in [5.41, 5.74) is 1.63. The minimum atomic E-state index is 0.511. The number of hydrogen-bond donors (Lipinski definition) is 0. The number of carbonyl (C=O) groups excluding carboxylic acids is 1. The number of nitrogens with zero attached hydrogens (tertiary/aromatic N) is 3. The number of aryl methyl sites for hydroxylation is 1. The average Bonchev–Trinajstić information content (AvgIpc) is 2.71. The van der Waals surface area contributed by atoms with Crippen LogP contribution in [0.15, 0.2) is 23.0 Å². The van der Waals surface area contributed by atoms with Crippen molar-refractivity contribution in [3.8, 4) is 11.4 Å². The lowest BCUT2D eigenvalue weighted by atomic mass is 10.2. The molecule has 0 aliphatic rings. The van der Waals surface area contributed by atoms with Crippen LogP contribution in [0, 0.1) is 0 Å². The molecule has 5 heteroatoms. The first-order valence-corrected chi connectivity index (χ1v) is 3.71. The Hall–Kier alpha value is -1.91. The molecule has 0 atom stereocenters. The molecule has 0 saturated carbocycles. The van der Waals surface area contributed by atoms with Crippen molar-refractivity contribution in [2.24, 2.45) is 7.05 Å². The number of aromatic nitrogens is 3. The molecule has 2 heterocycles. The summed E-state index contributed by atoms with van der Waals surface area (Å²) in [7, 11) is 1.75. The van der Waals surface area contributed by atoms with Crippen LogP contribution < -0.4 is 0 Å². The molecule has 0 spiro atoms. The predicted molar refractivity (Wildman–Crippen MR) is 44.1 cm³/mol. The van der Waals surface area contributed by atoms with E-state index >= 15 is 0 Å². The Morgan fingerprint density at radius 1 is 1.62 bits per heavy atom. The van der Waals surface area contributed by atoms with Crippen molar-refractivity contribution in [3.05, 3.63) is 24.1 Å². The number of carbonyl (C=O) groups is 1. The fourth-order valence-electron chi connectivity index (χ4n) is 1.13. The summed E-state index contributed by atoms with van der Waals surface area (Å²) in [6.07, 6.45) is 3.83. The van der Waals surface area contributed by atoms with E-state index in [4.69, 9.17) is 0 Å². The Balaban J connectivity index is 2.56. The van der Waals surface area contributed by atoms with Crippen molar-refractivity contribution in [2.45, 2.75) is 0 Å². The lowest BCUT2D eigenvalue weighted by Gasteiger charge is -1.87. The van der Waals surface area contributed by atoms with E-state index in [1.807, 2.05) is 0 Å². The van der Waals surface area contributed by atoms with Crippen molar-refractivity contribution in [2.75, 3.05) is 0 Å². The van der Waals surface area contributed by atoms with E-state index in [-0.39, 0.29) is 0 Å². The summed E-state index contributed by atoms with van der Waals surface area (Å²) in [6, 6.07) is 1.66. The van der Waals surface area contributed by atoms with Crippen LogP contribution in [0.1, 0.15) is 10.4 Å². The predicted octanol–water partition coefficient (Wildman–Crippen LogP) is 0.888. The number of rotatable bonds is 2. The summed E-state index contributed by atoms with van der Waals surface area (Å²) in [5.74, 6) is 0. The lowest BCUT2D eigenvalue weighted by molar-refractivity contribution is 0.112. The molecule has 2 rings (SSSR count). The Labute approximate surface area is 74.0 Å². The topological polar surface area (TPSA) is 60.9 Å². The molecule has 0 aliphatic carbocycles. The zero-order chi connectivity index (χ0) is 9.26. The molecule has 0 radical (unpaired) electrons. The van der Waals surface area contributed by atoms with Crippen LogP contribution in [0.4, 0.5) is 0 Å². The highest BCUT2D eigenvalue weighted by Gasteiger charge is 2.11. The molecule has 0 aliphatic heterocycles. The maximum absolute atomic E-state index is 10.6. The average molecular weight is 177 g/mol. The molecule has 0 fully saturated rings. The first kappa shape index (κ1) is 7.72. The quantitative estimate of drug-likeness (QED) is 0.639. The fourth-order valence-corrected chi connectivity index (χ4v) is 1.13. The second-order valence-corrected chi connectivity index (χ2v) is 2.61. The van der Waals surface area contributed by atoms with E-state index in [1.165, 1.54) is 6.26 Å². The highest BCUT2D eigenvalue weighted by Crippen LogP contribution is 2.17. The Bertz CT molecular complexity index is 417. The van der Waals surface area contributed by atoms with Gasteiger partial charge in [0.15, 0.2) is 6.29 Å². The van der Waals surface area contributed by atoms with Gasteiger partial charge in [-0.1, -0.05) is 5.16 Å². The Kier molecular flexibility index (Phi) is 1.70. The fraction of sp³-hybridized carbons (Fsp3) is 0.125. The second kappa shape index (κ2) is 2.85. The van der Waals surface area contributed by atoms with E-state index in [2.05, 4.69) is 14.8 Å². The Morgan fingerprint density at radius 2 is 2.46 bits per heavy atom. The summed E-state index contributed by atoms with van der Waals surface area (Å²) in [4.78, 5) is 10.6. The smallest absolute Gasteiger partial charge is 0.153 e. The molecule has 66 valence electrons. The number of hydrogen-bond acceptors (Lipinski definition) is 4. The van der Waals surface area contributed by atoms with Crippen LogP contribution in [-0.4, -0.2) is 21.2 Å². The van der Waals surface area contributed by atoms with Gasteiger partial charge in [-0.25, -0.2) is 0 Å². The van der Waals surface area contributed by atoms with Crippen LogP contribution in [-0.2, 0) is 7.05 Å². The maximum Gasteiger partial charge on any atom is 0.153 e. The molecular formula is C8H7N3O2. The monoisotopic (exact) mass is 177 g/mol. The van der Waals surface area contributed by atoms with E-state index in [9.17, 15) is 4.79 Å².